The highest BCUT2D eigenvalue weighted by Gasteiger charge is 2.15. The Balaban J connectivity index is 4.39. The van der Waals surface area contributed by atoms with E-state index in [1.165, 1.54) is 7.11 Å². The summed E-state index contributed by atoms with van der Waals surface area (Å²) in [5.41, 5.74) is 0.367. The van der Waals surface area contributed by atoms with Gasteiger partial charge in [0, 0.05) is 25.9 Å². The van der Waals surface area contributed by atoms with Crippen LogP contribution in [0.4, 0.5) is 0 Å². The Bertz CT molecular complexity index is 218. The lowest BCUT2D eigenvalue weighted by Gasteiger charge is -2.05. The van der Waals surface area contributed by atoms with E-state index in [-0.39, 0.29) is 0 Å². The summed E-state index contributed by atoms with van der Waals surface area (Å²) in [5.74, 6) is -1.43. The fourth-order valence-corrected chi connectivity index (χ4v) is 0.700. The van der Waals surface area contributed by atoms with E-state index < -0.39 is 11.8 Å². The zero-order chi connectivity index (χ0) is 9.72. The van der Waals surface area contributed by atoms with Gasteiger partial charge < -0.3 is 9.64 Å². The van der Waals surface area contributed by atoms with Crippen molar-refractivity contribution in [1.82, 2.24) is 4.90 Å². The molecular weight excluding hydrogens is 158 g/mol. The molecule has 0 unspecified atom stereocenters. The number of ketones is 1. The smallest absolute Gasteiger partial charge is 0.379 e. The largest absolute Gasteiger partial charge is 0.463 e. The fraction of sp³-hybridized carbons (Fsp3) is 0.500. The van der Waals surface area contributed by atoms with Crippen molar-refractivity contribution in [2.75, 3.05) is 21.2 Å². The van der Waals surface area contributed by atoms with Crippen LogP contribution in [0.3, 0.4) is 0 Å². The summed E-state index contributed by atoms with van der Waals surface area (Å²) in [5, 5.41) is 0. The summed E-state index contributed by atoms with van der Waals surface area (Å²) in [4.78, 5) is 23.4. The number of esters is 1. The summed E-state index contributed by atoms with van der Waals surface area (Å²) in [7, 11) is 4.73. The molecule has 0 rings (SSSR count). The number of Topliss-reactive ketones (excluding diaryl/α,β-unsaturated/α-hetero) is 1. The fourth-order valence-electron chi connectivity index (χ4n) is 0.700. The number of hydrogen-bond acceptors (Lipinski definition) is 4. The predicted octanol–water partition coefficient (Wildman–Crippen LogP) is 0.194. The van der Waals surface area contributed by atoms with E-state index in [1.54, 1.807) is 32.1 Å². The average molecular weight is 171 g/mol. The molecule has 0 atom stereocenters. The molecule has 4 nitrogen and oxygen atoms in total. The van der Waals surface area contributed by atoms with Crippen LogP contribution in [0.1, 0.15) is 6.92 Å². The Morgan fingerprint density at radius 2 is 1.83 bits per heavy atom. The topological polar surface area (TPSA) is 46.6 Å². The van der Waals surface area contributed by atoms with Crippen molar-refractivity contribution in [3.63, 3.8) is 0 Å². The highest BCUT2D eigenvalue weighted by molar-refractivity contribution is 6.40. The maximum Gasteiger partial charge on any atom is 0.379 e. The maximum atomic E-state index is 11.0. The first kappa shape index (κ1) is 10.7. The zero-order valence-electron chi connectivity index (χ0n) is 7.75. The Labute approximate surface area is 71.8 Å². The van der Waals surface area contributed by atoms with Crippen molar-refractivity contribution < 1.29 is 14.3 Å². The van der Waals surface area contributed by atoms with Crippen LogP contribution in [-0.2, 0) is 14.3 Å². The molecule has 0 spiro atoms. The number of carbonyl (C=O) groups excluding carboxylic acids is 2. The van der Waals surface area contributed by atoms with Crippen molar-refractivity contribution in [3.05, 3.63) is 11.8 Å². The van der Waals surface area contributed by atoms with E-state index in [1.807, 2.05) is 0 Å². The molecule has 0 N–H and O–H groups in total. The zero-order valence-corrected chi connectivity index (χ0v) is 7.75. The Morgan fingerprint density at radius 3 is 2.17 bits per heavy atom. The second kappa shape index (κ2) is 4.54. The van der Waals surface area contributed by atoms with Crippen LogP contribution in [0.2, 0.25) is 0 Å². The van der Waals surface area contributed by atoms with Gasteiger partial charge in [-0.3, -0.25) is 4.79 Å². The lowest BCUT2D eigenvalue weighted by molar-refractivity contribution is -0.149. The van der Waals surface area contributed by atoms with E-state index in [0.29, 0.717) is 5.57 Å². The minimum absolute atomic E-state index is 0.367. The van der Waals surface area contributed by atoms with Gasteiger partial charge in [-0.2, -0.15) is 0 Å². The molecule has 0 aromatic rings. The number of rotatable bonds is 3. The van der Waals surface area contributed by atoms with Crippen LogP contribution in [0.25, 0.3) is 0 Å². The highest BCUT2D eigenvalue weighted by Crippen LogP contribution is 1.97. The normalized spacial score (nSPS) is 10.8. The van der Waals surface area contributed by atoms with Crippen LogP contribution < -0.4 is 0 Å². The van der Waals surface area contributed by atoms with Gasteiger partial charge in [-0.05, 0) is 6.92 Å². The molecule has 0 aliphatic rings. The van der Waals surface area contributed by atoms with Gasteiger partial charge in [0.2, 0.25) is 0 Å². The molecule has 0 aromatic heterocycles. The molecule has 0 aromatic carbocycles. The van der Waals surface area contributed by atoms with Crippen molar-refractivity contribution in [3.8, 4) is 0 Å². The summed E-state index contributed by atoms with van der Waals surface area (Å²) in [6.07, 6.45) is 1.57. The second-order valence-corrected chi connectivity index (χ2v) is 2.60. The van der Waals surface area contributed by atoms with Gasteiger partial charge in [-0.15, -0.1) is 0 Å². The molecule has 68 valence electrons. The SMILES string of the molecule is COC(=O)C(=O)/C(C)=C/N(C)C. The molecule has 0 aliphatic carbocycles. The second-order valence-electron chi connectivity index (χ2n) is 2.60. The third-order valence-electron chi connectivity index (χ3n) is 1.18. The Hall–Kier alpha value is -1.32. The van der Waals surface area contributed by atoms with Gasteiger partial charge in [0.15, 0.2) is 0 Å². The van der Waals surface area contributed by atoms with Crippen LogP contribution in [0.5, 0.6) is 0 Å². The summed E-state index contributed by atoms with van der Waals surface area (Å²) >= 11 is 0. The van der Waals surface area contributed by atoms with Gasteiger partial charge in [0.25, 0.3) is 5.78 Å². The van der Waals surface area contributed by atoms with Gasteiger partial charge in [0.05, 0.1) is 7.11 Å². The molecule has 0 radical (unpaired) electrons. The third kappa shape index (κ3) is 3.18. The third-order valence-corrected chi connectivity index (χ3v) is 1.18. The summed E-state index contributed by atoms with van der Waals surface area (Å²) in [6, 6.07) is 0. The predicted molar refractivity (Wildman–Crippen MR) is 44.5 cm³/mol. The van der Waals surface area contributed by atoms with Crippen molar-refractivity contribution in [1.29, 1.82) is 0 Å². The molecule has 0 amide bonds. The molecule has 0 saturated heterocycles. The lowest BCUT2D eigenvalue weighted by Crippen LogP contribution is -2.18. The van der Waals surface area contributed by atoms with Crippen LogP contribution >= 0.6 is 0 Å². The molecule has 4 heteroatoms. The lowest BCUT2D eigenvalue weighted by atomic mass is 10.2. The summed E-state index contributed by atoms with van der Waals surface area (Å²) < 4.78 is 4.27. The van der Waals surface area contributed by atoms with Crippen molar-refractivity contribution in [2.24, 2.45) is 0 Å². The maximum absolute atomic E-state index is 11.0. The van der Waals surface area contributed by atoms with E-state index in [0.717, 1.165) is 0 Å². The molecular formula is C8H13NO3. The number of nitrogens with zero attached hydrogens (tertiary/aromatic N) is 1. The first-order valence-corrected chi connectivity index (χ1v) is 3.46. The van der Waals surface area contributed by atoms with E-state index in [2.05, 4.69) is 4.74 Å². The first-order valence-electron chi connectivity index (χ1n) is 3.46. The van der Waals surface area contributed by atoms with Crippen molar-refractivity contribution in [2.45, 2.75) is 6.92 Å². The standard InChI is InChI=1S/C8H13NO3/c1-6(5-9(2)3)7(10)8(11)12-4/h5H,1-4H3/b6-5+. The minimum atomic E-state index is -0.828. The molecule has 0 saturated carbocycles. The van der Waals surface area contributed by atoms with E-state index >= 15 is 0 Å². The molecule has 0 bridgehead atoms. The molecule has 0 fully saturated rings. The monoisotopic (exact) mass is 171 g/mol. The molecule has 0 heterocycles. The summed E-state index contributed by atoms with van der Waals surface area (Å²) in [6.45, 7) is 1.57. The van der Waals surface area contributed by atoms with Gasteiger partial charge >= 0.3 is 5.97 Å². The number of hydrogen-bond donors (Lipinski definition) is 0. The first-order chi connectivity index (χ1) is 5.49. The quantitative estimate of drug-likeness (QED) is 0.345. The minimum Gasteiger partial charge on any atom is -0.463 e. The number of carbonyl (C=O) groups is 2. The van der Waals surface area contributed by atoms with E-state index in [4.69, 9.17) is 0 Å². The average Bonchev–Trinajstić information content (AvgIpc) is 2.00. The highest BCUT2D eigenvalue weighted by atomic mass is 16.5. The number of ether oxygens (including phenoxy) is 1. The van der Waals surface area contributed by atoms with Gasteiger partial charge in [-0.25, -0.2) is 4.79 Å². The molecule has 12 heavy (non-hydrogen) atoms. The van der Waals surface area contributed by atoms with Crippen LogP contribution in [-0.4, -0.2) is 37.9 Å². The molecule has 0 aliphatic heterocycles. The van der Waals surface area contributed by atoms with Crippen LogP contribution in [0.15, 0.2) is 11.8 Å². The van der Waals surface area contributed by atoms with E-state index in [9.17, 15) is 9.59 Å². The Kier molecular flexibility index (Phi) is 4.04. The van der Waals surface area contributed by atoms with Crippen LogP contribution in [0, 0.1) is 0 Å². The number of methoxy groups -OCH3 is 1. The van der Waals surface area contributed by atoms with Gasteiger partial charge in [-0.1, -0.05) is 0 Å². The van der Waals surface area contributed by atoms with Crippen molar-refractivity contribution >= 4 is 11.8 Å². The van der Waals surface area contributed by atoms with Gasteiger partial charge in [0.1, 0.15) is 0 Å². The Morgan fingerprint density at radius 1 is 1.33 bits per heavy atom.